The standard InChI is InChI=1S/C36H39Cl2N3O4S/c1-4-26(3)39-36(43)34(23-27-15-8-6-9-16-27)40(24-30-31(37)20-14-21-32(30)38)35(42)25-41(33-22-13-12-17-28(33)5-2)46(44,45)29-18-10-7-11-19-29/h6-22,26,34H,4-5,23-25H2,1-3H3,(H,39,43)/t26-,34+/m0/s1. The summed E-state index contributed by atoms with van der Waals surface area (Å²) >= 11 is 13.2. The van der Waals surface area contributed by atoms with E-state index in [0.29, 0.717) is 34.1 Å². The molecule has 0 fully saturated rings. The van der Waals surface area contributed by atoms with Crippen LogP contribution in [-0.2, 0) is 39.0 Å². The number of nitrogens with zero attached hydrogens (tertiary/aromatic N) is 2. The molecule has 2 amide bonds. The van der Waals surface area contributed by atoms with Crippen molar-refractivity contribution in [2.24, 2.45) is 0 Å². The Morgan fingerprint density at radius 2 is 1.39 bits per heavy atom. The average Bonchev–Trinajstić information content (AvgIpc) is 3.06. The van der Waals surface area contributed by atoms with Crippen molar-refractivity contribution in [2.75, 3.05) is 10.8 Å². The van der Waals surface area contributed by atoms with Crippen LogP contribution in [0.1, 0.15) is 43.9 Å². The van der Waals surface area contributed by atoms with E-state index in [9.17, 15) is 18.0 Å². The van der Waals surface area contributed by atoms with Crippen LogP contribution >= 0.6 is 23.2 Å². The predicted octanol–water partition coefficient (Wildman–Crippen LogP) is 7.31. The maximum Gasteiger partial charge on any atom is 0.264 e. The van der Waals surface area contributed by atoms with Crippen molar-refractivity contribution < 1.29 is 18.0 Å². The average molecular weight is 681 g/mol. The number of aryl methyl sites for hydroxylation is 1. The Kier molecular flexibility index (Phi) is 12.3. The lowest BCUT2D eigenvalue weighted by molar-refractivity contribution is -0.140. The number of amides is 2. The molecule has 0 aliphatic heterocycles. The number of halogens is 2. The van der Waals surface area contributed by atoms with E-state index >= 15 is 0 Å². The van der Waals surface area contributed by atoms with E-state index in [0.717, 1.165) is 15.4 Å². The molecular weight excluding hydrogens is 641 g/mol. The summed E-state index contributed by atoms with van der Waals surface area (Å²) in [6.45, 7) is 5.11. The van der Waals surface area contributed by atoms with Gasteiger partial charge in [0, 0.05) is 34.6 Å². The summed E-state index contributed by atoms with van der Waals surface area (Å²) in [5, 5.41) is 3.69. The third-order valence-electron chi connectivity index (χ3n) is 7.91. The van der Waals surface area contributed by atoms with E-state index in [2.05, 4.69) is 5.32 Å². The zero-order valence-corrected chi connectivity index (χ0v) is 28.5. The molecule has 0 aliphatic rings. The molecule has 0 bridgehead atoms. The van der Waals surface area contributed by atoms with Crippen LogP contribution in [0.15, 0.2) is 108 Å². The van der Waals surface area contributed by atoms with E-state index < -0.39 is 28.5 Å². The third-order valence-corrected chi connectivity index (χ3v) is 10.4. The van der Waals surface area contributed by atoms with Gasteiger partial charge in [0.05, 0.1) is 10.6 Å². The van der Waals surface area contributed by atoms with Gasteiger partial charge < -0.3 is 10.2 Å². The number of carbonyl (C=O) groups excluding carboxylic acids is 2. The van der Waals surface area contributed by atoms with Crippen molar-refractivity contribution in [1.29, 1.82) is 0 Å². The van der Waals surface area contributed by atoms with E-state index in [1.54, 1.807) is 48.5 Å². The molecule has 46 heavy (non-hydrogen) atoms. The lowest BCUT2D eigenvalue weighted by Gasteiger charge is -2.35. The molecule has 1 N–H and O–H groups in total. The molecule has 0 unspecified atom stereocenters. The van der Waals surface area contributed by atoms with Gasteiger partial charge in [-0.05, 0) is 61.2 Å². The van der Waals surface area contributed by atoms with Crippen LogP contribution in [0, 0.1) is 0 Å². The van der Waals surface area contributed by atoms with Crippen molar-refractivity contribution >= 4 is 50.7 Å². The Morgan fingerprint density at radius 1 is 0.804 bits per heavy atom. The number of sulfonamides is 1. The summed E-state index contributed by atoms with van der Waals surface area (Å²) in [5.41, 5.74) is 2.44. The summed E-state index contributed by atoms with van der Waals surface area (Å²) in [6.07, 6.45) is 1.41. The number of nitrogens with one attached hydrogen (secondary N) is 1. The number of anilines is 1. The zero-order chi connectivity index (χ0) is 33.3. The van der Waals surface area contributed by atoms with Crippen LogP contribution in [0.3, 0.4) is 0 Å². The Labute approximate surface area is 282 Å². The summed E-state index contributed by atoms with van der Waals surface area (Å²) in [4.78, 5) is 30.1. The second-order valence-corrected chi connectivity index (χ2v) is 13.7. The first-order valence-electron chi connectivity index (χ1n) is 15.3. The topological polar surface area (TPSA) is 86.8 Å². The highest BCUT2D eigenvalue weighted by Gasteiger charge is 2.36. The number of rotatable bonds is 14. The minimum atomic E-state index is -4.20. The van der Waals surface area contributed by atoms with Crippen LogP contribution in [0.5, 0.6) is 0 Å². The predicted molar refractivity (Wildman–Crippen MR) is 186 cm³/mol. The fourth-order valence-corrected chi connectivity index (χ4v) is 7.12. The molecule has 242 valence electrons. The third kappa shape index (κ3) is 8.49. The maximum atomic E-state index is 14.7. The van der Waals surface area contributed by atoms with E-state index in [-0.39, 0.29) is 29.8 Å². The number of hydrogen-bond acceptors (Lipinski definition) is 4. The molecule has 0 aromatic heterocycles. The van der Waals surface area contributed by atoms with Crippen molar-refractivity contribution in [3.05, 3.63) is 130 Å². The normalized spacial score (nSPS) is 12.6. The maximum absolute atomic E-state index is 14.7. The van der Waals surface area contributed by atoms with Gasteiger partial charge in [0.25, 0.3) is 10.0 Å². The fraction of sp³-hybridized carbons (Fsp3) is 0.278. The van der Waals surface area contributed by atoms with E-state index in [1.165, 1.54) is 17.0 Å². The highest BCUT2D eigenvalue weighted by Crippen LogP contribution is 2.30. The number of hydrogen-bond donors (Lipinski definition) is 1. The zero-order valence-electron chi connectivity index (χ0n) is 26.2. The second-order valence-electron chi connectivity index (χ2n) is 11.1. The molecule has 4 rings (SSSR count). The molecule has 0 heterocycles. The second kappa shape index (κ2) is 16.1. The molecular formula is C36H39Cl2N3O4S. The minimum absolute atomic E-state index is 0.0461. The molecule has 10 heteroatoms. The van der Waals surface area contributed by atoms with Crippen molar-refractivity contribution in [3.63, 3.8) is 0 Å². The highest BCUT2D eigenvalue weighted by atomic mass is 35.5. The molecule has 4 aromatic rings. The largest absolute Gasteiger partial charge is 0.352 e. The number of benzene rings is 4. The van der Waals surface area contributed by atoms with E-state index in [4.69, 9.17) is 23.2 Å². The Hall–Kier alpha value is -3.85. The molecule has 2 atom stereocenters. The SMILES string of the molecule is CCc1ccccc1N(CC(=O)N(Cc1c(Cl)cccc1Cl)[C@H](Cc1ccccc1)C(=O)N[C@@H](C)CC)S(=O)(=O)c1ccccc1. The first-order valence-corrected chi connectivity index (χ1v) is 17.5. The monoisotopic (exact) mass is 679 g/mol. The van der Waals surface area contributed by atoms with Crippen LogP contribution in [0.25, 0.3) is 0 Å². The fourth-order valence-electron chi connectivity index (χ4n) is 5.13. The van der Waals surface area contributed by atoms with Crippen LogP contribution in [0.4, 0.5) is 5.69 Å². The van der Waals surface area contributed by atoms with Crippen molar-refractivity contribution in [1.82, 2.24) is 10.2 Å². The highest BCUT2D eigenvalue weighted by molar-refractivity contribution is 7.92. The van der Waals surface area contributed by atoms with Gasteiger partial charge in [0.2, 0.25) is 11.8 Å². The first-order chi connectivity index (χ1) is 22.1. The summed E-state index contributed by atoms with van der Waals surface area (Å²) in [6, 6.07) is 28.4. The summed E-state index contributed by atoms with van der Waals surface area (Å²) < 4.78 is 29.6. The van der Waals surface area contributed by atoms with Gasteiger partial charge in [-0.2, -0.15) is 0 Å². The summed E-state index contributed by atoms with van der Waals surface area (Å²) in [7, 11) is -4.20. The van der Waals surface area contributed by atoms with Gasteiger partial charge in [-0.1, -0.05) is 110 Å². The first kappa shape index (κ1) is 35.0. The lowest BCUT2D eigenvalue weighted by atomic mass is 10.0. The Morgan fingerprint density at radius 3 is 2.00 bits per heavy atom. The van der Waals surface area contributed by atoms with Gasteiger partial charge in [-0.3, -0.25) is 13.9 Å². The number of para-hydroxylation sites is 1. The minimum Gasteiger partial charge on any atom is -0.352 e. The van der Waals surface area contributed by atoms with Crippen LogP contribution < -0.4 is 9.62 Å². The smallest absolute Gasteiger partial charge is 0.264 e. The molecule has 0 spiro atoms. The number of carbonyl (C=O) groups is 2. The van der Waals surface area contributed by atoms with Gasteiger partial charge in [0.15, 0.2) is 0 Å². The van der Waals surface area contributed by atoms with Crippen molar-refractivity contribution in [2.45, 2.75) is 63.6 Å². The van der Waals surface area contributed by atoms with Crippen LogP contribution in [0.2, 0.25) is 10.0 Å². The van der Waals surface area contributed by atoms with Crippen molar-refractivity contribution in [3.8, 4) is 0 Å². The summed E-state index contributed by atoms with van der Waals surface area (Å²) in [5.74, 6) is -0.942. The van der Waals surface area contributed by atoms with Crippen LogP contribution in [-0.4, -0.2) is 43.8 Å². The molecule has 0 saturated heterocycles. The Bertz CT molecular complexity index is 1720. The van der Waals surface area contributed by atoms with Gasteiger partial charge in [0.1, 0.15) is 12.6 Å². The lowest BCUT2D eigenvalue weighted by Crippen LogP contribution is -2.54. The quantitative estimate of drug-likeness (QED) is 0.151. The molecule has 4 aromatic carbocycles. The molecule has 0 saturated carbocycles. The molecule has 0 radical (unpaired) electrons. The molecule has 7 nitrogen and oxygen atoms in total. The van der Waals surface area contributed by atoms with Gasteiger partial charge >= 0.3 is 0 Å². The van der Waals surface area contributed by atoms with Gasteiger partial charge in [-0.25, -0.2) is 8.42 Å². The Balaban J connectivity index is 1.86. The van der Waals surface area contributed by atoms with Gasteiger partial charge in [-0.15, -0.1) is 0 Å². The molecule has 0 aliphatic carbocycles. The van der Waals surface area contributed by atoms with E-state index in [1.807, 2.05) is 63.2 Å².